The van der Waals surface area contributed by atoms with Crippen LogP contribution in [0.1, 0.15) is 11.1 Å². The maximum Gasteiger partial charge on any atom is 0.160 e. The Morgan fingerprint density at radius 1 is 0.338 bits per heavy atom. The highest BCUT2D eigenvalue weighted by Crippen LogP contribution is 2.43. The zero-order valence-corrected chi connectivity index (χ0v) is 36.3. The molecule has 0 aliphatic rings. The van der Waals surface area contributed by atoms with Crippen LogP contribution in [0.2, 0.25) is 0 Å². The largest absolute Gasteiger partial charge is 0.310 e. The lowest BCUT2D eigenvalue weighted by atomic mass is 9.97. The molecule has 9 aromatic carbocycles. The Bertz CT molecular complexity index is 3130. The molecular weight excluding hydrogens is 791 g/mol. The monoisotopic (exact) mass is 835 g/mol. The summed E-state index contributed by atoms with van der Waals surface area (Å²) >= 11 is 0. The number of para-hydroxylation sites is 4. The Morgan fingerprint density at radius 2 is 0.708 bits per heavy atom. The van der Waals surface area contributed by atoms with Gasteiger partial charge in [0.05, 0.1) is 22.4 Å². The number of hydrogen-bond acceptors (Lipinski definition) is 4. The van der Waals surface area contributed by atoms with Crippen LogP contribution < -0.4 is 9.80 Å². The highest BCUT2D eigenvalue weighted by Gasteiger charge is 2.22. The fraction of sp³-hybridized carbons (Fsp3) is 0.0333. The third kappa shape index (κ3) is 7.49. The van der Waals surface area contributed by atoms with E-state index in [4.69, 9.17) is 9.97 Å². The Morgan fingerprint density at radius 3 is 1.12 bits per heavy atom. The van der Waals surface area contributed by atoms with E-state index in [2.05, 4.69) is 241 Å². The number of aryl methyl sites for hydroxylation is 2. The molecule has 0 unspecified atom stereocenters. The molecule has 65 heavy (non-hydrogen) atoms. The van der Waals surface area contributed by atoms with Crippen molar-refractivity contribution in [3.8, 4) is 39.6 Å². The van der Waals surface area contributed by atoms with Gasteiger partial charge in [0.15, 0.2) is 5.82 Å². The molecule has 0 spiro atoms. The van der Waals surface area contributed by atoms with Gasteiger partial charge in [-0.15, -0.1) is 0 Å². The van der Waals surface area contributed by atoms with Gasteiger partial charge in [0.25, 0.3) is 0 Å². The van der Waals surface area contributed by atoms with Crippen LogP contribution in [0.25, 0.3) is 61.4 Å². The van der Waals surface area contributed by atoms with Crippen LogP contribution >= 0.6 is 0 Å². The van der Waals surface area contributed by atoms with E-state index in [-0.39, 0.29) is 0 Å². The van der Waals surface area contributed by atoms with Crippen LogP contribution in [-0.2, 0) is 0 Å². The second kappa shape index (κ2) is 17.0. The van der Waals surface area contributed by atoms with E-state index in [9.17, 15) is 0 Å². The highest BCUT2D eigenvalue weighted by atomic mass is 15.1. The molecule has 11 rings (SSSR count). The van der Waals surface area contributed by atoms with Crippen molar-refractivity contribution in [2.75, 3.05) is 9.80 Å². The summed E-state index contributed by atoms with van der Waals surface area (Å²) in [5, 5.41) is 2.32. The van der Waals surface area contributed by atoms with Crippen LogP contribution in [0.15, 0.2) is 237 Å². The minimum absolute atomic E-state index is 0.707. The Hall–Kier alpha value is -8.54. The first kappa shape index (κ1) is 39.3. The van der Waals surface area contributed by atoms with E-state index in [1.54, 1.807) is 0 Å². The van der Waals surface area contributed by atoms with Gasteiger partial charge in [-0.2, -0.15) is 0 Å². The zero-order valence-electron chi connectivity index (χ0n) is 36.3. The molecule has 11 aromatic rings. The SMILES string of the molecule is Cc1cc(-n2c3ccc(N(c4ccccc4)c4ccccc4)cc3c3cc(N(c4ccccc4)c4ccccc4)ccc32)cc(C)c1-c1cc(-c2ccccc2)nc(-c2ccccc2)n1. The second-order valence-corrected chi connectivity index (χ2v) is 16.4. The molecule has 0 fully saturated rings. The molecule has 0 N–H and O–H groups in total. The molecule has 0 aliphatic carbocycles. The van der Waals surface area contributed by atoms with Crippen molar-refractivity contribution in [2.45, 2.75) is 13.8 Å². The van der Waals surface area contributed by atoms with E-state index in [0.717, 1.165) is 101 Å². The van der Waals surface area contributed by atoms with E-state index in [0.29, 0.717) is 5.82 Å². The van der Waals surface area contributed by atoms with Crippen molar-refractivity contribution < 1.29 is 0 Å². The van der Waals surface area contributed by atoms with Gasteiger partial charge < -0.3 is 14.4 Å². The summed E-state index contributed by atoms with van der Waals surface area (Å²) in [4.78, 5) is 15.0. The van der Waals surface area contributed by atoms with E-state index in [1.165, 1.54) is 0 Å². The van der Waals surface area contributed by atoms with Crippen LogP contribution in [0.4, 0.5) is 34.1 Å². The number of hydrogen-bond donors (Lipinski definition) is 0. The Kier molecular flexibility index (Phi) is 10.3. The van der Waals surface area contributed by atoms with Gasteiger partial charge in [-0.25, -0.2) is 9.97 Å². The molecule has 310 valence electrons. The molecule has 0 amide bonds. The predicted octanol–water partition coefficient (Wildman–Crippen LogP) is 16.1. The summed E-state index contributed by atoms with van der Waals surface area (Å²) in [6.07, 6.45) is 0. The minimum atomic E-state index is 0.707. The number of nitrogens with zero attached hydrogens (tertiary/aromatic N) is 5. The van der Waals surface area contributed by atoms with Gasteiger partial charge >= 0.3 is 0 Å². The molecule has 0 bridgehead atoms. The van der Waals surface area contributed by atoms with Gasteiger partial charge in [0.2, 0.25) is 0 Å². The predicted molar refractivity (Wildman–Crippen MR) is 272 cm³/mol. The van der Waals surface area contributed by atoms with Crippen molar-refractivity contribution in [3.63, 3.8) is 0 Å². The van der Waals surface area contributed by atoms with E-state index >= 15 is 0 Å². The average molecular weight is 836 g/mol. The first-order chi connectivity index (χ1) is 32.1. The molecule has 0 saturated carbocycles. The summed E-state index contributed by atoms with van der Waals surface area (Å²) in [5.74, 6) is 0.707. The second-order valence-electron chi connectivity index (χ2n) is 16.4. The molecular formula is C60H45N5. The number of rotatable bonds is 10. The summed E-state index contributed by atoms with van der Waals surface area (Å²) in [7, 11) is 0. The van der Waals surface area contributed by atoms with Crippen LogP contribution in [0.5, 0.6) is 0 Å². The molecule has 5 heteroatoms. The molecule has 0 atom stereocenters. The van der Waals surface area contributed by atoms with Crippen molar-refractivity contribution in [2.24, 2.45) is 0 Å². The quantitative estimate of drug-likeness (QED) is 0.138. The van der Waals surface area contributed by atoms with E-state index in [1.807, 2.05) is 24.3 Å². The summed E-state index contributed by atoms with van der Waals surface area (Å²) in [6.45, 7) is 4.41. The van der Waals surface area contributed by atoms with E-state index < -0.39 is 0 Å². The summed E-state index contributed by atoms with van der Waals surface area (Å²) in [5.41, 5.74) is 17.1. The fourth-order valence-electron chi connectivity index (χ4n) is 9.28. The number of aromatic nitrogens is 3. The zero-order chi connectivity index (χ0) is 43.7. The lowest BCUT2D eigenvalue weighted by molar-refractivity contribution is 1.14. The highest BCUT2D eigenvalue weighted by molar-refractivity contribution is 6.12. The van der Waals surface area contributed by atoms with Gasteiger partial charge in [0.1, 0.15) is 0 Å². The molecule has 2 heterocycles. The molecule has 0 radical (unpaired) electrons. The number of anilines is 6. The van der Waals surface area contributed by atoms with Gasteiger partial charge in [-0.1, -0.05) is 133 Å². The third-order valence-electron chi connectivity index (χ3n) is 12.2. The van der Waals surface area contributed by atoms with Gasteiger partial charge in [-0.05, 0) is 128 Å². The maximum atomic E-state index is 5.24. The lowest BCUT2D eigenvalue weighted by Crippen LogP contribution is -2.09. The van der Waals surface area contributed by atoms with Crippen molar-refractivity contribution >= 4 is 55.9 Å². The normalized spacial score (nSPS) is 11.2. The topological polar surface area (TPSA) is 37.2 Å². The maximum absolute atomic E-state index is 5.24. The van der Waals surface area contributed by atoms with Crippen LogP contribution in [0, 0.1) is 13.8 Å². The van der Waals surface area contributed by atoms with Crippen molar-refractivity contribution in [1.29, 1.82) is 0 Å². The van der Waals surface area contributed by atoms with Crippen LogP contribution in [0.3, 0.4) is 0 Å². The third-order valence-corrected chi connectivity index (χ3v) is 12.2. The van der Waals surface area contributed by atoms with Gasteiger partial charge in [-0.3, -0.25) is 0 Å². The smallest absolute Gasteiger partial charge is 0.160 e. The van der Waals surface area contributed by atoms with Crippen molar-refractivity contribution in [3.05, 3.63) is 248 Å². The van der Waals surface area contributed by atoms with Crippen LogP contribution in [-0.4, -0.2) is 14.5 Å². The molecule has 2 aromatic heterocycles. The summed E-state index contributed by atoms with van der Waals surface area (Å²) in [6, 6.07) is 83.7. The fourth-order valence-corrected chi connectivity index (χ4v) is 9.28. The molecule has 0 saturated heterocycles. The number of benzene rings is 9. The Balaban J connectivity index is 1.12. The lowest BCUT2D eigenvalue weighted by Gasteiger charge is -2.26. The van der Waals surface area contributed by atoms with Crippen molar-refractivity contribution in [1.82, 2.24) is 14.5 Å². The first-order valence-corrected chi connectivity index (χ1v) is 22.1. The Labute approximate surface area is 379 Å². The molecule has 0 aliphatic heterocycles. The first-order valence-electron chi connectivity index (χ1n) is 22.1. The number of fused-ring (bicyclic) bond motifs is 3. The van der Waals surface area contributed by atoms with Gasteiger partial charge in [0, 0.05) is 67.3 Å². The molecule has 5 nitrogen and oxygen atoms in total. The summed E-state index contributed by atoms with van der Waals surface area (Å²) < 4.78 is 2.43. The minimum Gasteiger partial charge on any atom is -0.310 e. The average Bonchev–Trinajstić information content (AvgIpc) is 3.69. The standard InChI is InChI=1S/C60H45N5/c1-42-37-52(38-43(2)59(42)56-41-55(44-21-9-3-10-22-44)61-60(62-56)45-23-11-4-12-24-45)65-57-35-33-50(63(46-25-13-5-14-26-46)47-27-15-6-16-28-47)39-53(57)54-40-51(34-36-58(54)65)64(48-29-17-7-18-30-48)49-31-19-8-20-32-49/h3-41H,1-2H3.